The number of benzene rings is 13. The minimum absolute atomic E-state index is 0.188. The predicted molar refractivity (Wildman–Crippen MR) is 398 cm³/mol. The van der Waals surface area contributed by atoms with Crippen LogP contribution in [0.25, 0.3) is 20.2 Å². The lowest BCUT2D eigenvalue weighted by Crippen LogP contribution is -2.63. The van der Waals surface area contributed by atoms with Gasteiger partial charge in [-0.2, -0.15) is 0 Å². The third-order valence-corrected chi connectivity index (χ3v) is 22.1. The third kappa shape index (κ3) is 8.12. The number of hydrogen-bond acceptors (Lipinski definition) is 11. The molecule has 0 bridgehead atoms. The summed E-state index contributed by atoms with van der Waals surface area (Å²) in [5, 5.41) is 6.23. The summed E-state index contributed by atoms with van der Waals surface area (Å²) in [5.41, 5.74) is 18.1. The Morgan fingerprint density at radius 3 is 1.00 bits per heavy atom. The number of ether oxygens (including phenoxy) is 5. The first-order valence-electron chi connectivity index (χ1n) is 32.4. The van der Waals surface area contributed by atoms with E-state index in [-0.39, 0.29) is 20.1 Å². The largest absolute Gasteiger partial charge is 0.458 e. The maximum atomic E-state index is 7.54. The molecule has 6 aliphatic heterocycles. The number of para-hydroxylation sites is 6. The van der Waals surface area contributed by atoms with Gasteiger partial charge in [0.2, 0.25) is 0 Å². The van der Waals surface area contributed by atoms with Crippen LogP contribution in [0.2, 0.25) is 0 Å². The number of fused-ring (bicyclic) bond motifs is 16. The Morgan fingerprint density at radius 1 is 0.250 bits per heavy atom. The van der Waals surface area contributed by atoms with Gasteiger partial charge in [-0.15, -0.1) is 22.7 Å². The van der Waals surface area contributed by atoms with Crippen molar-refractivity contribution in [3.8, 4) is 57.5 Å². The summed E-state index contributed by atoms with van der Waals surface area (Å²) in [6, 6.07) is 103. The van der Waals surface area contributed by atoms with Crippen molar-refractivity contribution >= 4 is 173 Å². The molecule has 0 amide bonds. The van der Waals surface area contributed by atoms with Gasteiger partial charge in [-0.25, -0.2) is 0 Å². The van der Waals surface area contributed by atoms with Gasteiger partial charge in [0, 0.05) is 129 Å². The lowest BCUT2D eigenvalue weighted by molar-refractivity contribution is 0.453. The van der Waals surface area contributed by atoms with Crippen LogP contribution in [0.1, 0.15) is 0 Å². The standard InChI is InChI=1S/C82H49B3N4O5S2/c1-7-23-49(24-8-1)87(50-25-9-2-10-26-50)55-39-65-76-69(40-55)93-79-58-35-19-21-37-74(58)95-81(79)84(76)60-45-61-66(47-64(60)86-65)90-70-41-56(88(51-27-11-3-12-28-51)52-29-13-4-14-30-52)42-71-77(70)83(61)62-46-63-68(48-67(62)91-71)92-72-43-57(89(53-31-15-5-16-32-53)54-33-17-6-18-34-54)44-73-78(72)85(63)82-80(94-73)59-36-20-22-38-75(59)96-82/h1-48,86H. The first-order valence-corrected chi connectivity index (χ1v) is 34.0. The Balaban J connectivity index is 0.785. The lowest BCUT2D eigenvalue weighted by atomic mass is 9.31. The second-order valence-electron chi connectivity index (χ2n) is 25.1. The van der Waals surface area contributed by atoms with Crippen molar-refractivity contribution in [2.45, 2.75) is 0 Å². The van der Waals surface area contributed by atoms with Crippen LogP contribution in [0, 0.1) is 0 Å². The molecule has 13 aromatic carbocycles. The molecule has 9 nitrogen and oxygen atoms in total. The van der Waals surface area contributed by atoms with E-state index >= 15 is 0 Å². The van der Waals surface area contributed by atoms with E-state index in [1.807, 2.05) is 11.3 Å². The number of nitrogens with zero attached hydrogens (tertiary/aromatic N) is 3. The van der Waals surface area contributed by atoms with Crippen LogP contribution in [0.5, 0.6) is 57.5 Å². The molecule has 1 N–H and O–H groups in total. The van der Waals surface area contributed by atoms with E-state index in [1.165, 1.54) is 9.48 Å². The van der Waals surface area contributed by atoms with Gasteiger partial charge in [0.1, 0.15) is 57.5 Å². The van der Waals surface area contributed by atoms with Crippen LogP contribution in [0.15, 0.2) is 291 Å². The molecular weight excluding hydrogens is 1220 g/mol. The summed E-state index contributed by atoms with van der Waals surface area (Å²) in [4.78, 5) is 6.85. The molecule has 0 aliphatic carbocycles. The third-order valence-electron chi connectivity index (χ3n) is 19.6. The zero-order chi connectivity index (χ0) is 62.7. The monoisotopic (exact) mass is 1270 g/mol. The molecule has 96 heavy (non-hydrogen) atoms. The number of nitrogens with one attached hydrogen (secondary N) is 1. The van der Waals surface area contributed by atoms with Crippen LogP contribution in [0.4, 0.5) is 62.6 Å². The molecule has 0 atom stereocenters. The highest BCUT2D eigenvalue weighted by atomic mass is 32.1. The van der Waals surface area contributed by atoms with Gasteiger partial charge in [-0.1, -0.05) is 146 Å². The topological polar surface area (TPSA) is 67.9 Å². The van der Waals surface area contributed by atoms with Crippen LogP contribution in [-0.4, -0.2) is 20.1 Å². The fourth-order valence-corrected chi connectivity index (χ4v) is 18.1. The van der Waals surface area contributed by atoms with Gasteiger partial charge < -0.3 is 43.7 Å². The minimum atomic E-state index is -0.348. The normalized spacial score (nSPS) is 13.2. The first kappa shape index (κ1) is 53.7. The molecule has 14 heteroatoms. The van der Waals surface area contributed by atoms with Crippen molar-refractivity contribution in [1.82, 2.24) is 0 Å². The molecule has 0 fully saturated rings. The number of thiophene rings is 2. The van der Waals surface area contributed by atoms with E-state index in [4.69, 9.17) is 23.7 Å². The van der Waals surface area contributed by atoms with Crippen molar-refractivity contribution in [3.05, 3.63) is 291 Å². The Hall–Kier alpha value is -11.8. The molecule has 0 saturated carbocycles. The van der Waals surface area contributed by atoms with Gasteiger partial charge >= 0.3 is 0 Å². The van der Waals surface area contributed by atoms with Gasteiger partial charge in [-0.05, 0) is 130 Å². The zero-order valence-electron chi connectivity index (χ0n) is 51.1. The predicted octanol–water partition coefficient (Wildman–Crippen LogP) is 16.7. The number of rotatable bonds is 9. The summed E-state index contributed by atoms with van der Waals surface area (Å²) in [6.07, 6.45) is 0. The first-order chi connectivity index (χ1) is 47.6. The van der Waals surface area contributed by atoms with Crippen LogP contribution in [-0.2, 0) is 0 Å². The quantitative estimate of drug-likeness (QED) is 0.142. The summed E-state index contributed by atoms with van der Waals surface area (Å²) in [5.74, 6) is 7.69. The van der Waals surface area contributed by atoms with Crippen molar-refractivity contribution in [1.29, 1.82) is 0 Å². The van der Waals surface area contributed by atoms with Crippen molar-refractivity contribution < 1.29 is 23.7 Å². The lowest BCUT2D eigenvalue weighted by Gasteiger charge is -2.39. The van der Waals surface area contributed by atoms with E-state index < -0.39 is 0 Å². The SMILES string of the molecule is c1ccc(N(c2ccccc2)c2cc3c4c(c2)Oc2c(sc5ccccc25)B4c2cc4c(cc2N3)Oc2cc(N(c3ccccc3)c3ccccc3)cc3c2B4c2cc4c(cc2O3)Oc2cc(N(c3ccccc3)c3ccccc3)cc3c2B4c2sc4ccccc4c2O3)cc1. The Labute approximate surface area is 562 Å². The summed E-state index contributed by atoms with van der Waals surface area (Å²) in [7, 11) is 0. The fourth-order valence-electron chi connectivity index (χ4n) is 15.6. The summed E-state index contributed by atoms with van der Waals surface area (Å²) < 4.78 is 41.7. The van der Waals surface area contributed by atoms with E-state index in [2.05, 4.69) is 311 Å². The van der Waals surface area contributed by atoms with Gasteiger partial charge in [-0.3, -0.25) is 0 Å². The molecular formula is C82H49B3N4O5S2. The van der Waals surface area contributed by atoms with Crippen molar-refractivity contribution in [3.63, 3.8) is 0 Å². The zero-order valence-corrected chi connectivity index (χ0v) is 52.8. The van der Waals surface area contributed by atoms with Gasteiger partial charge in [0.05, 0.1) is 17.1 Å². The minimum Gasteiger partial charge on any atom is -0.458 e. The Kier molecular flexibility index (Phi) is 11.6. The maximum absolute atomic E-state index is 7.54. The van der Waals surface area contributed by atoms with Crippen LogP contribution >= 0.6 is 22.7 Å². The van der Waals surface area contributed by atoms with E-state index in [0.29, 0.717) is 11.5 Å². The summed E-state index contributed by atoms with van der Waals surface area (Å²) in [6.45, 7) is -0.777. The molecule has 448 valence electrons. The highest BCUT2D eigenvalue weighted by Gasteiger charge is 2.49. The van der Waals surface area contributed by atoms with E-state index in [1.54, 1.807) is 11.3 Å². The molecule has 0 spiro atoms. The van der Waals surface area contributed by atoms with Crippen molar-refractivity contribution in [2.75, 3.05) is 20.0 Å². The van der Waals surface area contributed by atoms with Crippen LogP contribution < -0.4 is 91.5 Å². The van der Waals surface area contributed by atoms with Crippen LogP contribution in [0.3, 0.4) is 0 Å². The number of anilines is 11. The molecule has 6 aliphatic rings. The molecule has 15 aromatic rings. The Bertz CT molecular complexity index is 5300. The molecule has 2 aromatic heterocycles. The highest BCUT2D eigenvalue weighted by Crippen LogP contribution is 2.50. The second-order valence-corrected chi connectivity index (χ2v) is 27.2. The molecule has 0 unspecified atom stereocenters. The van der Waals surface area contributed by atoms with Gasteiger partial charge in [0.15, 0.2) is 0 Å². The molecule has 21 rings (SSSR count). The van der Waals surface area contributed by atoms with E-state index in [0.717, 1.165) is 167 Å². The Morgan fingerprint density at radius 2 is 0.573 bits per heavy atom. The average molecular weight is 1270 g/mol. The maximum Gasteiger partial charge on any atom is 0.273 e. The number of hydrogen-bond donors (Lipinski definition) is 1. The highest BCUT2D eigenvalue weighted by molar-refractivity contribution is 7.34. The average Bonchev–Trinajstić information content (AvgIpc) is 1.12. The second kappa shape index (κ2) is 20.8. The molecule has 0 saturated heterocycles. The van der Waals surface area contributed by atoms with Crippen molar-refractivity contribution in [2.24, 2.45) is 0 Å². The van der Waals surface area contributed by atoms with Gasteiger partial charge in [0.25, 0.3) is 20.1 Å². The van der Waals surface area contributed by atoms with E-state index in [9.17, 15) is 0 Å². The fraction of sp³-hybridized carbons (Fsp3) is 0. The smallest absolute Gasteiger partial charge is 0.273 e. The summed E-state index contributed by atoms with van der Waals surface area (Å²) >= 11 is 3.60. The molecule has 0 radical (unpaired) electrons. The molecule has 8 heterocycles.